The van der Waals surface area contributed by atoms with Gasteiger partial charge in [-0.15, -0.1) is 9.60 Å². The minimum absolute atomic E-state index is 0.0541. The summed E-state index contributed by atoms with van der Waals surface area (Å²) in [6.07, 6.45) is 2.08. The van der Waals surface area contributed by atoms with Crippen molar-refractivity contribution in [2.24, 2.45) is 0 Å². The van der Waals surface area contributed by atoms with E-state index in [2.05, 4.69) is 62.4 Å². The second-order valence-corrected chi connectivity index (χ2v) is 11.5. The molecular weight excluding hydrogens is 487 g/mol. The van der Waals surface area contributed by atoms with Crippen molar-refractivity contribution in [3.8, 4) is 0 Å². The Hall–Kier alpha value is -2.59. The van der Waals surface area contributed by atoms with Gasteiger partial charge < -0.3 is 19.7 Å². The number of carbonyl (C=O) groups excluding carboxylic acids is 1. The first-order valence-corrected chi connectivity index (χ1v) is 13.9. The number of amides is 1. The lowest BCUT2D eigenvalue weighted by atomic mass is 10.1. The molecule has 0 aliphatic carbocycles. The van der Waals surface area contributed by atoms with E-state index in [1.165, 1.54) is 15.8 Å². The second kappa shape index (κ2) is 11.0. The number of carbonyl (C=O) groups is 1. The summed E-state index contributed by atoms with van der Waals surface area (Å²) in [4.78, 5) is 19.1. The first kappa shape index (κ1) is 26.0. The fraction of sp³-hybridized carbons (Fsp3) is 0.464. The van der Waals surface area contributed by atoms with Crippen molar-refractivity contribution in [3.63, 3.8) is 0 Å². The normalized spacial score (nSPS) is 18.9. The van der Waals surface area contributed by atoms with Gasteiger partial charge in [-0.1, -0.05) is 6.07 Å². The van der Waals surface area contributed by atoms with Gasteiger partial charge in [-0.05, 0) is 81.2 Å². The van der Waals surface area contributed by atoms with E-state index in [0.29, 0.717) is 26.2 Å². The molecule has 7 nitrogen and oxygen atoms in total. The molecule has 5 rings (SSSR count). The van der Waals surface area contributed by atoms with Gasteiger partial charge in [-0.2, -0.15) is 0 Å². The van der Waals surface area contributed by atoms with E-state index in [1.807, 2.05) is 44.0 Å². The van der Waals surface area contributed by atoms with Crippen LogP contribution in [-0.4, -0.2) is 84.2 Å². The SMILES string of the molecule is Cc1ccc(N2CCN(F)CC2)cc1NC(=O)C(C)n1cc(C)c2cc(SN3CCN(C)CC3)ccc21. The van der Waals surface area contributed by atoms with Crippen LogP contribution in [0.5, 0.6) is 0 Å². The molecule has 0 bridgehead atoms. The molecule has 2 aliphatic rings. The highest BCUT2D eigenvalue weighted by Gasteiger charge is 2.22. The Bertz CT molecular complexity index is 1260. The van der Waals surface area contributed by atoms with Gasteiger partial charge in [-0.25, -0.2) is 4.31 Å². The van der Waals surface area contributed by atoms with Gasteiger partial charge >= 0.3 is 0 Å². The van der Waals surface area contributed by atoms with E-state index in [0.717, 1.165) is 53.8 Å². The van der Waals surface area contributed by atoms with Crippen LogP contribution >= 0.6 is 11.9 Å². The number of rotatable bonds is 6. The summed E-state index contributed by atoms with van der Waals surface area (Å²) in [6, 6.07) is 12.3. The molecule has 37 heavy (non-hydrogen) atoms. The molecule has 1 N–H and O–H groups in total. The van der Waals surface area contributed by atoms with Gasteiger partial charge in [0.15, 0.2) is 0 Å². The van der Waals surface area contributed by atoms with Crippen molar-refractivity contribution in [2.45, 2.75) is 31.7 Å². The van der Waals surface area contributed by atoms with Crippen LogP contribution in [0, 0.1) is 13.8 Å². The predicted octanol–water partition coefficient (Wildman–Crippen LogP) is 4.72. The van der Waals surface area contributed by atoms with Gasteiger partial charge in [0.25, 0.3) is 0 Å². The zero-order valence-corrected chi connectivity index (χ0v) is 23.0. The summed E-state index contributed by atoms with van der Waals surface area (Å²) in [7, 11) is 2.17. The second-order valence-electron chi connectivity index (χ2n) is 10.3. The lowest BCUT2D eigenvalue weighted by Crippen LogP contribution is -2.42. The van der Waals surface area contributed by atoms with E-state index in [-0.39, 0.29) is 11.9 Å². The van der Waals surface area contributed by atoms with Crippen molar-refractivity contribution < 1.29 is 9.28 Å². The molecule has 2 aromatic carbocycles. The average Bonchev–Trinajstić information content (AvgIpc) is 3.22. The van der Waals surface area contributed by atoms with Crippen molar-refractivity contribution in [1.29, 1.82) is 0 Å². The molecule has 2 saturated heterocycles. The maximum atomic E-state index is 13.4. The van der Waals surface area contributed by atoms with Gasteiger partial charge in [0, 0.05) is 85.7 Å². The fourth-order valence-electron chi connectivity index (χ4n) is 5.05. The third-order valence-electron chi connectivity index (χ3n) is 7.57. The summed E-state index contributed by atoms with van der Waals surface area (Å²) in [6.45, 7) is 12.4. The van der Waals surface area contributed by atoms with Crippen LogP contribution in [0.4, 0.5) is 15.9 Å². The highest BCUT2D eigenvalue weighted by Crippen LogP contribution is 2.32. The largest absolute Gasteiger partial charge is 0.369 e. The number of benzene rings is 2. The Balaban J connectivity index is 1.30. The highest BCUT2D eigenvalue weighted by atomic mass is 32.2. The van der Waals surface area contributed by atoms with Gasteiger partial charge in [0.2, 0.25) is 5.91 Å². The van der Waals surface area contributed by atoms with Crippen LogP contribution < -0.4 is 10.2 Å². The van der Waals surface area contributed by atoms with Crippen LogP contribution in [0.25, 0.3) is 10.9 Å². The van der Waals surface area contributed by atoms with E-state index in [4.69, 9.17) is 0 Å². The van der Waals surface area contributed by atoms with E-state index < -0.39 is 0 Å². The van der Waals surface area contributed by atoms with Crippen molar-refractivity contribution in [3.05, 3.63) is 53.7 Å². The molecule has 9 heteroatoms. The third-order valence-corrected chi connectivity index (χ3v) is 8.65. The van der Waals surface area contributed by atoms with Crippen LogP contribution in [0.3, 0.4) is 0 Å². The molecule has 3 heterocycles. The molecule has 0 saturated carbocycles. The first-order valence-electron chi connectivity index (χ1n) is 13.1. The molecule has 2 aliphatic heterocycles. The topological polar surface area (TPSA) is 47.0 Å². The molecule has 2 fully saturated rings. The monoisotopic (exact) mass is 524 g/mol. The van der Waals surface area contributed by atoms with Crippen LogP contribution in [0.1, 0.15) is 24.1 Å². The van der Waals surface area contributed by atoms with Gasteiger partial charge in [-0.3, -0.25) is 4.79 Å². The Kier molecular flexibility index (Phi) is 7.76. The molecule has 0 radical (unpaired) electrons. The molecule has 3 aromatic rings. The lowest BCUT2D eigenvalue weighted by molar-refractivity contribution is -0.118. The minimum atomic E-state index is -0.370. The number of aryl methyl sites for hydroxylation is 2. The van der Waals surface area contributed by atoms with Crippen molar-refractivity contribution >= 4 is 40.1 Å². The Morgan fingerprint density at radius 2 is 1.68 bits per heavy atom. The number of piperazine rings is 2. The lowest BCUT2D eigenvalue weighted by Gasteiger charge is -2.32. The number of halogens is 1. The van der Waals surface area contributed by atoms with E-state index in [1.54, 1.807) is 0 Å². The summed E-state index contributed by atoms with van der Waals surface area (Å²) in [5.74, 6) is -0.0541. The molecule has 0 spiro atoms. The molecular formula is C28H37FN6OS. The molecule has 1 unspecified atom stereocenters. The van der Waals surface area contributed by atoms with Crippen LogP contribution in [-0.2, 0) is 4.79 Å². The van der Waals surface area contributed by atoms with Crippen LogP contribution in [0.2, 0.25) is 0 Å². The molecule has 1 amide bonds. The average molecular weight is 525 g/mol. The number of likely N-dealkylation sites (N-methyl/N-ethyl adjacent to an activating group) is 1. The summed E-state index contributed by atoms with van der Waals surface area (Å²) >= 11 is 1.82. The van der Waals surface area contributed by atoms with Crippen molar-refractivity contribution in [1.82, 2.24) is 18.9 Å². The zero-order chi connectivity index (χ0) is 26.1. The van der Waals surface area contributed by atoms with Crippen LogP contribution in [0.15, 0.2) is 47.5 Å². The summed E-state index contributed by atoms with van der Waals surface area (Å²) in [5, 5.41) is 5.19. The molecule has 198 valence electrons. The Labute approximate surface area is 223 Å². The highest BCUT2D eigenvalue weighted by molar-refractivity contribution is 7.97. The summed E-state index contributed by atoms with van der Waals surface area (Å²) in [5.41, 5.74) is 5.05. The predicted molar refractivity (Wildman–Crippen MR) is 151 cm³/mol. The molecule has 1 aromatic heterocycles. The number of nitrogens with one attached hydrogen (secondary N) is 1. The number of hydrogen-bond acceptors (Lipinski definition) is 6. The van der Waals surface area contributed by atoms with Crippen molar-refractivity contribution in [2.75, 3.05) is 69.6 Å². The zero-order valence-electron chi connectivity index (χ0n) is 22.2. The number of aromatic nitrogens is 1. The number of anilines is 2. The Morgan fingerprint density at radius 1 is 0.946 bits per heavy atom. The molecule has 1 atom stereocenters. The number of nitrogens with zero attached hydrogens (tertiary/aromatic N) is 5. The summed E-state index contributed by atoms with van der Waals surface area (Å²) < 4.78 is 17.9. The Morgan fingerprint density at radius 3 is 2.41 bits per heavy atom. The van der Waals surface area contributed by atoms with Gasteiger partial charge in [0.1, 0.15) is 6.04 Å². The number of hydrogen-bond donors (Lipinski definition) is 1. The van der Waals surface area contributed by atoms with E-state index in [9.17, 15) is 9.28 Å². The number of fused-ring (bicyclic) bond motifs is 1. The smallest absolute Gasteiger partial charge is 0.247 e. The maximum absolute atomic E-state index is 13.4. The fourth-order valence-corrected chi connectivity index (χ4v) is 6.00. The standard InChI is InChI=1S/C28H37FN6OS/c1-20-5-6-23(32-11-13-33(29)14-12-32)17-26(20)30-28(36)22(3)35-19-21(2)25-18-24(7-8-27(25)35)37-34-15-9-31(4)10-16-34/h5-8,17-19,22H,9-16H2,1-4H3,(H,30,36). The van der Waals surface area contributed by atoms with Gasteiger partial charge in [0.05, 0.1) is 0 Å². The maximum Gasteiger partial charge on any atom is 0.247 e. The minimum Gasteiger partial charge on any atom is -0.369 e. The quantitative estimate of drug-likeness (QED) is 0.372. The third kappa shape index (κ3) is 5.80. The van der Waals surface area contributed by atoms with E-state index >= 15 is 0 Å². The first-order chi connectivity index (χ1) is 17.8.